The molecule has 104 valence electrons. The summed E-state index contributed by atoms with van der Waals surface area (Å²) in [4.78, 5) is 16.4. The Hall–Kier alpha value is -1.59. The van der Waals surface area contributed by atoms with Gasteiger partial charge in [0.2, 0.25) is 0 Å². The zero-order chi connectivity index (χ0) is 14.5. The maximum absolute atomic E-state index is 12.1. The van der Waals surface area contributed by atoms with Crippen LogP contribution in [0.1, 0.15) is 17.4 Å². The highest BCUT2D eigenvalue weighted by atomic mass is 79.9. The molecule has 6 heteroatoms. The lowest BCUT2D eigenvalue weighted by atomic mass is 10.3. The molecule has 2 N–H and O–H groups in total. The van der Waals surface area contributed by atoms with Crippen molar-refractivity contribution < 1.29 is 4.79 Å². The molecule has 0 atom stereocenters. The molecule has 4 nitrogen and oxygen atoms in total. The number of anilines is 2. The van der Waals surface area contributed by atoms with E-state index in [0.717, 1.165) is 11.0 Å². The van der Waals surface area contributed by atoms with Crippen molar-refractivity contribution in [3.8, 4) is 0 Å². The summed E-state index contributed by atoms with van der Waals surface area (Å²) in [6.07, 6.45) is 0. The quantitative estimate of drug-likeness (QED) is 0.866. The van der Waals surface area contributed by atoms with Gasteiger partial charge in [-0.2, -0.15) is 0 Å². The molecule has 20 heavy (non-hydrogen) atoms. The summed E-state index contributed by atoms with van der Waals surface area (Å²) in [6.45, 7) is 2.72. The number of halogens is 2. The number of nitrogens with zero attached hydrogens (tertiary/aromatic N) is 1. The molecule has 2 aromatic rings. The minimum atomic E-state index is -0.265. The average molecular weight is 355 g/mol. The van der Waals surface area contributed by atoms with Crippen LogP contribution in [0.4, 0.5) is 11.5 Å². The van der Waals surface area contributed by atoms with Crippen molar-refractivity contribution in [3.63, 3.8) is 0 Å². The van der Waals surface area contributed by atoms with Crippen LogP contribution >= 0.6 is 27.5 Å². The van der Waals surface area contributed by atoms with E-state index in [0.29, 0.717) is 22.2 Å². The van der Waals surface area contributed by atoms with Gasteiger partial charge >= 0.3 is 0 Å². The lowest BCUT2D eigenvalue weighted by Crippen LogP contribution is -2.14. The maximum atomic E-state index is 12.1. The third-order valence-corrected chi connectivity index (χ3v) is 3.73. The largest absolute Gasteiger partial charge is 0.370 e. The molecule has 0 fully saturated rings. The van der Waals surface area contributed by atoms with Gasteiger partial charge in [-0.05, 0) is 53.2 Å². The van der Waals surface area contributed by atoms with Crippen molar-refractivity contribution in [2.45, 2.75) is 6.92 Å². The van der Waals surface area contributed by atoms with E-state index in [9.17, 15) is 4.79 Å². The molecular formula is C14H13BrClN3O. The van der Waals surface area contributed by atoms with E-state index in [-0.39, 0.29) is 5.91 Å². The summed E-state index contributed by atoms with van der Waals surface area (Å²) in [5.74, 6) is 0.413. The zero-order valence-electron chi connectivity index (χ0n) is 10.8. The third kappa shape index (κ3) is 3.71. The van der Waals surface area contributed by atoms with Crippen molar-refractivity contribution in [1.29, 1.82) is 0 Å². The minimum Gasteiger partial charge on any atom is -0.370 e. The van der Waals surface area contributed by atoms with Crippen LogP contribution in [-0.4, -0.2) is 17.4 Å². The van der Waals surface area contributed by atoms with Crippen LogP contribution in [0.2, 0.25) is 5.02 Å². The first-order chi connectivity index (χ1) is 9.60. The van der Waals surface area contributed by atoms with Crippen LogP contribution in [0, 0.1) is 0 Å². The Balaban J connectivity index is 2.15. The summed E-state index contributed by atoms with van der Waals surface area (Å²) in [5.41, 5.74) is 1.01. The average Bonchev–Trinajstić information content (AvgIpc) is 2.43. The SMILES string of the molecule is CCNc1cccc(C(=O)Nc2ccc(Cl)c(Br)c2)n1. The second kappa shape index (κ2) is 6.72. The fraction of sp³-hybridized carbons (Fsp3) is 0.143. The zero-order valence-corrected chi connectivity index (χ0v) is 13.1. The third-order valence-electron chi connectivity index (χ3n) is 2.52. The van der Waals surface area contributed by atoms with Crippen LogP contribution in [0.5, 0.6) is 0 Å². The van der Waals surface area contributed by atoms with Crippen molar-refractivity contribution in [2.75, 3.05) is 17.2 Å². The molecule has 0 radical (unpaired) electrons. The predicted molar refractivity (Wildman–Crippen MR) is 85.5 cm³/mol. The van der Waals surface area contributed by atoms with Crippen LogP contribution in [-0.2, 0) is 0 Å². The first-order valence-corrected chi connectivity index (χ1v) is 7.24. The second-order valence-electron chi connectivity index (χ2n) is 4.02. The summed E-state index contributed by atoms with van der Waals surface area (Å²) >= 11 is 9.23. The maximum Gasteiger partial charge on any atom is 0.274 e. The van der Waals surface area contributed by atoms with Gasteiger partial charge in [0.25, 0.3) is 5.91 Å². The summed E-state index contributed by atoms with van der Waals surface area (Å²) in [6, 6.07) is 10.5. The number of aromatic nitrogens is 1. The molecule has 1 heterocycles. The topological polar surface area (TPSA) is 54.0 Å². The molecule has 1 aromatic heterocycles. The molecule has 0 unspecified atom stereocenters. The van der Waals surface area contributed by atoms with Gasteiger partial charge in [0, 0.05) is 16.7 Å². The smallest absolute Gasteiger partial charge is 0.274 e. The first kappa shape index (κ1) is 14.8. The van der Waals surface area contributed by atoms with E-state index < -0.39 is 0 Å². The standard InChI is InChI=1S/C14H13BrClN3O/c1-2-17-13-5-3-4-12(19-13)14(20)18-9-6-7-11(16)10(15)8-9/h3-8H,2H2,1H3,(H,17,19)(H,18,20). The number of carbonyl (C=O) groups excluding carboxylic acids is 1. The van der Waals surface area contributed by atoms with Crippen molar-refractivity contribution >= 4 is 44.9 Å². The number of amides is 1. The fourth-order valence-electron chi connectivity index (χ4n) is 1.61. The minimum absolute atomic E-state index is 0.265. The molecule has 0 aliphatic rings. The van der Waals surface area contributed by atoms with E-state index in [4.69, 9.17) is 11.6 Å². The van der Waals surface area contributed by atoms with Gasteiger partial charge in [0.15, 0.2) is 0 Å². The van der Waals surface area contributed by atoms with E-state index in [1.54, 1.807) is 30.3 Å². The van der Waals surface area contributed by atoms with Gasteiger partial charge < -0.3 is 10.6 Å². The fourth-order valence-corrected chi connectivity index (χ4v) is 2.11. The molecule has 0 aliphatic carbocycles. The van der Waals surface area contributed by atoms with Gasteiger partial charge in [-0.3, -0.25) is 4.79 Å². The highest BCUT2D eigenvalue weighted by Crippen LogP contribution is 2.25. The molecule has 0 saturated carbocycles. The molecule has 1 aromatic carbocycles. The lowest BCUT2D eigenvalue weighted by molar-refractivity contribution is 0.102. The highest BCUT2D eigenvalue weighted by molar-refractivity contribution is 9.10. The Morgan fingerprint density at radius 3 is 2.85 bits per heavy atom. The van der Waals surface area contributed by atoms with Gasteiger partial charge in [-0.1, -0.05) is 17.7 Å². The first-order valence-electron chi connectivity index (χ1n) is 6.07. The van der Waals surface area contributed by atoms with Crippen LogP contribution < -0.4 is 10.6 Å². The number of nitrogens with one attached hydrogen (secondary N) is 2. The number of hydrogen-bond donors (Lipinski definition) is 2. The van der Waals surface area contributed by atoms with Crippen molar-refractivity contribution in [3.05, 3.63) is 51.6 Å². The van der Waals surface area contributed by atoms with Gasteiger partial charge in [-0.15, -0.1) is 0 Å². The van der Waals surface area contributed by atoms with Gasteiger partial charge in [0.05, 0.1) is 5.02 Å². The Morgan fingerprint density at radius 2 is 2.15 bits per heavy atom. The Morgan fingerprint density at radius 1 is 1.35 bits per heavy atom. The molecule has 0 aliphatic heterocycles. The Kier molecular flexibility index (Phi) is 4.98. The van der Waals surface area contributed by atoms with E-state index in [1.165, 1.54) is 0 Å². The van der Waals surface area contributed by atoms with E-state index >= 15 is 0 Å². The van der Waals surface area contributed by atoms with Crippen LogP contribution in [0.15, 0.2) is 40.9 Å². The summed E-state index contributed by atoms with van der Waals surface area (Å²) in [7, 11) is 0. The van der Waals surface area contributed by atoms with Crippen LogP contribution in [0.3, 0.4) is 0 Å². The van der Waals surface area contributed by atoms with Gasteiger partial charge in [0.1, 0.15) is 11.5 Å². The Labute approximate surface area is 130 Å². The summed E-state index contributed by atoms with van der Waals surface area (Å²) in [5, 5.41) is 6.44. The van der Waals surface area contributed by atoms with Crippen molar-refractivity contribution in [2.24, 2.45) is 0 Å². The monoisotopic (exact) mass is 353 g/mol. The number of pyridine rings is 1. The van der Waals surface area contributed by atoms with E-state index in [1.807, 2.05) is 13.0 Å². The number of benzene rings is 1. The molecule has 0 spiro atoms. The molecule has 0 bridgehead atoms. The summed E-state index contributed by atoms with van der Waals surface area (Å²) < 4.78 is 0.728. The predicted octanol–water partition coefficient (Wildman–Crippen LogP) is 4.18. The number of rotatable bonds is 4. The normalized spacial score (nSPS) is 10.2. The van der Waals surface area contributed by atoms with Crippen molar-refractivity contribution in [1.82, 2.24) is 4.98 Å². The van der Waals surface area contributed by atoms with Crippen LogP contribution in [0.25, 0.3) is 0 Å². The lowest BCUT2D eigenvalue weighted by Gasteiger charge is -2.07. The second-order valence-corrected chi connectivity index (χ2v) is 5.28. The molecule has 2 rings (SSSR count). The molecule has 1 amide bonds. The Bertz CT molecular complexity index is 634. The van der Waals surface area contributed by atoms with Gasteiger partial charge in [-0.25, -0.2) is 4.98 Å². The van der Waals surface area contributed by atoms with E-state index in [2.05, 4.69) is 31.5 Å². The molecular weight excluding hydrogens is 342 g/mol. The molecule has 0 saturated heterocycles. The highest BCUT2D eigenvalue weighted by Gasteiger charge is 2.09. The number of hydrogen-bond acceptors (Lipinski definition) is 3. The number of carbonyl (C=O) groups is 1.